The third kappa shape index (κ3) is 9.95. The van der Waals surface area contributed by atoms with Crippen molar-refractivity contribution in [2.75, 3.05) is 44.8 Å². The standard InChI is InChI=1S/C18H28N4O.2C2HF3O2/c1-23-13-16-11-18(14-22(16)17-19-7-2-8-20-17)5-9-21(10-6-18)12-15-3-4-15;2*3-2(4,5)1(6)7/h2,7-8,15-16H,3-6,9-14H2,1H3;2*(H,6,7). The molecule has 2 saturated heterocycles. The molecular weight excluding hydrogens is 514 g/mol. The van der Waals surface area contributed by atoms with Crippen molar-refractivity contribution in [1.82, 2.24) is 14.9 Å². The Bertz CT molecular complexity index is 851. The van der Waals surface area contributed by atoms with Crippen LogP contribution < -0.4 is 4.90 Å². The minimum absolute atomic E-state index is 0.414. The molecule has 1 unspecified atom stereocenters. The average Bonchev–Trinajstić information content (AvgIpc) is 3.56. The van der Waals surface area contributed by atoms with Crippen LogP contribution in [0.15, 0.2) is 18.5 Å². The second-order valence-corrected chi connectivity index (χ2v) is 9.34. The lowest BCUT2D eigenvalue weighted by Crippen LogP contribution is -2.42. The van der Waals surface area contributed by atoms with E-state index in [9.17, 15) is 26.3 Å². The number of carboxylic acid groups (broad SMARTS) is 2. The maximum atomic E-state index is 10.6. The van der Waals surface area contributed by atoms with Crippen LogP contribution >= 0.6 is 0 Å². The highest BCUT2D eigenvalue weighted by molar-refractivity contribution is 5.73. The van der Waals surface area contributed by atoms with Gasteiger partial charge in [-0.05, 0) is 62.6 Å². The number of rotatable bonds is 5. The number of aromatic nitrogens is 2. The van der Waals surface area contributed by atoms with Crippen molar-refractivity contribution < 1.29 is 50.9 Å². The summed E-state index contributed by atoms with van der Waals surface area (Å²) in [5, 5.41) is 14.2. The number of methoxy groups -OCH3 is 1. The number of nitrogens with zero attached hydrogens (tertiary/aromatic N) is 4. The van der Waals surface area contributed by atoms with Crippen molar-refractivity contribution in [2.24, 2.45) is 11.3 Å². The van der Waals surface area contributed by atoms with Gasteiger partial charge in [-0.2, -0.15) is 26.3 Å². The third-order valence-corrected chi connectivity index (χ3v) is 6.40. The van der Waals surface area contributed by atoms with E-state index >= 15 is 0 Å². The van der Waals surface area contributed by atoms with Crippen molar-refractivity contribution in [3.05, 3.63) is 18.5 Å². The number of alkyl halides is 6. The summed E-state index contributed by atoms with van der Waals surface area (Å²) >= 11 is 0. The second kappa shape index (κ2) is 12.7. The fourth-order valence-corrected chi connectivity index (χ4v) is 4.42. The summed E-state index contributed by atoms with van der Waals surface area (Å²) in [6, 6.07) is 2.30. The van der Waals surface area contributed by atoms with Gasteiger partial charge in [0, 0.05) is 32.6 Å². The zero-order chi connectivity index (χ0) is 27.9. The predicted molar refractivity (Wildman–Crippen MR) is 118 cm³/mol. The Balaban J connectivity index is 0.000000286. The Morgan fingerprint density at radius 1 is 1.03 bits per heavy atom. The molecule has 2 aliphatic heterocycles. The molecule has 3 heterocycles. The van der Waals surface area contributed by atoms with Crippen molar-refractivity contribution in [3.63, 3.8) is 0 Å². The van der Waals surface area contributed by atoms with Crippen LogP contribution in [0.5, 0.6) is 0 Å². The number of hydrogen-bond donors (Lipinski definition) is 2. The van der Waals surface area contributed by atoms with E-state index < -0.39 is 24.3 Å². The summed E-state index contributed by atoms with van der Waals surface area (Å²) < 4.78 is 69.0. The number of piperidine rings is 1. The Kier molecular flexibility index (Phi) is 10.5. The van der Waals surface area contributed by atoms with Crippen LogP contribution in [0.25, 0.3) is 0 Å². The van der Waals surface area contributed by atoms with E-state index in [0.29, 0.717) is 11.5 Å². The number of ether oxygens (including phenoxy) is 1. The predicted octanol–water partition coefficient (Wildman–Crippen LogP) is 3.46. The van der Waals surface area contributed by atoms with Crippen molar-refractivity contribution >= 4 is 17.9 Å². The van der Waals surface area contributed by atoms with E-state index in [0.717, 1.165) is 25.0 Å². The zero-order valence-corrected chi connectivity index (χ0v) is 20.1. The molecule has 3 fully saturated rings. The van der Waals surface area contributed by atoms with Gasteiger partial charge in [-0.3, -0.25) is 0 Å². The summed E-state index contributed by atoms with van der Waals surface area (Å²) in [5.74, 6) is -3.64. The number of carbonyl (C=O) groups is 2. The molecule has 37 heavy (non-hydrogen) atoms. The Morgan fingerprint density at radius 2 is 1.51 bits per heavy atom. The minimum atomic E-state index is -5.08. The van der Waals surface area contributed by atoms with Gasteiger partial charge in [-0.15, -0.1) is 0 Å². The quantitative estimate of drug-likeness (QED) is 0.538. The number of likely N-dealkylation sites (tertiary alicyclic amines) is 1. The molecule has 2 N–H and O–H groups in total. The second-order valence-electron chi connectivity index (χ2n) is 9.34. The maximum absolute atomic E-state index is 10.6. The molecule has 3 aliphatic rings. The lowest BCUT2D eigenvalue weighted by atomic mass is 9.76. The molecule has 0 bridgehead atoms. The first-order valence-corrected chi connectivity index (χ1v) is 11.5. The molecule has 1 saturated carbocycles. The molecular formula is C22H30F6N4O5. The zero-order valence-electron chi connectivity index (χ0n) is 20.1. The number of hydrogen-bond acceptors (Lipinski definition) is 7. The Morgan fingerprint density at radius 3 is 1.92 bits per heavy atom. The Labute approximate surface area is 209 Å². The van der Waals surface area contributed by atoms with Crippen LogP contribution in [0, 0.1) is 11.3 Å². The molecule has 1 spiro atoms. The normalized spacial score (nSPS) is 21.5. The van der Waals surface area contributed by atoms with Gasteiger partial charge < -0.3 is 24.7 Å². The molecule has 0 aromatic carbocycles. The summed E-state index contributed by atoms with van der Waals surface area (Å²) in [5.41, 5.74) is 0.433. The molecule has 1 atom stereocenters. The van der Waals surface area contributed by atoms with E-state index in [1.807, 2.05) is 18.5 Å². The lowest BCUT2D eigenvalue weighted by Gasteiger charge is -2.39. The summed E-state index contributed by atoms with van der Waals surface area (Å²) in [6.45, 7) is 5.72. The number of aliphatic carboxylic acids is 2. The van der Waals surface area contributed by atoms with Gasteiger partial charge in [0.25, 0.3) is 0 Å². The SMILES string of the molecule is COCC1CC2(CCN(CC3CC3)CC2)CN1c1ncccn1.O=C(O)C(F)(F)F.O=C(O)C(F)(F)F. The van der Waals surface area contributed by atoms with Gasteiger partial charge in [0.2, 0.25) is 5.95 Å². The fourth-order valence-electron chi connectivity index (χ4n) is 4.42. The van der Waals surface area contributed by atoms with Gasteiger partial charge in [0.1, 0.15) is 0 Å². The third-order valence-electron chi connectivity index (χ3n) is 6.40. The van der Waals surface area contributed by atoms with E-state index in [4.69, 9.17) is 24.5 Å². The largest absolute Gasteiger partial charge is 0.490 e. The molecule has 1 aromatic rings. The van der Waals surface area contributed by atoms with E-state index in [1.54, 1.807) is 7.11 Å². The first-order valence-electron chi connectivity index (χ1n) is 11.5. The van der Waals surface area contributed by atoms with Gasteiger partial charge >= 0.3 is 24.3 Å². The Hall–Kier alpha value is -2.68. The number of halogens is 6. The minimum Gasteiger partial charge on any atom is -0.475 e. The molecule has 1 aromatic heterocycles. The first-order chi connectivity index (χ1) is 17.2. The van der Waals surface area contributed by atoms with Crippen LogP contribution in [0.2, 0.25) is 0 Å². The van der Waals surface area contributed by atoms with E-state index in [2.05, 4.69) is 19.8 Å². The molecule has 0 radical (unpaired) electrons. The van der Waals surface area contributed by atoms with Gasteiger partial charge in [0.05, 0.1) is 12.6 Å². The van der Waals surface area contributed by atoms with Crippen LogP contribution in [0.4, 0.5) is 32.3 Å². The number of carboxylic acids is 2. The van der Waals surface area contributed by atoms with Crippen LogP contribution in [0.1, 0.15) is 32.1 Å². The van der Waals surface area contributed by atoms with Gasteiger partial charge in [-0.1, -0.05) is 0 Å². The highest BCUT2D eigenvalue weighted by atomic mass is 19.4. The van der Waals surface area contributed by atoms with Crippen LogP contribution in [-0.2, 0) is 14.3 Å². The van der Waals surface area contributed by atoms with Crippen LogP contribution in [-0.4, -0.2) is 95.3 Å². The van der Waals surface area contributed by atoms with Crippen molar-refractivity contribution in [1.29, 1.82) is 0 Å². The molecule has 4 rings (SSSR count). The van der Waals surface area contributed by atoms with Crippen LogP contribution in [0.3, 0.4) is 0 Å². The first kappa shape index (κ1) is 30.5. The number of anilines is 1. The molecule has 9 nitrogen and oxygen atoms in total. The highest BCUT2D eigenvalue weighted by Gasteiger charge is 2.46. The molecule has 1 aliphatic carbocycles. The van der Waals surface area contributed by atoms with E-state index in [-0.39, 0.29) is 0 Å². The van der Waals surface area contributed by atoms with Gasteiger partial charge in [0.15, 0.2) is 0 Å². The highest BCUT2D eigenvalue weighted by Crippen LogP contribution is 2.45. The molecule has 0 amide bonds. The lowest BCUT2D eigenvalue weighted by molar-refractivity contribution is -0.193. The fraction of sp³-hybridized carbons (Fsp3) is 0.727. The molecule has 210 valence electrons. The smallest absolute Gasteiger partial charge is 0.475 e. The van der Waals surface area contributed by atoms with Crippen molar-refractivity contribution in [2.45, 2.75) is 50.5 Å². The van der Waals surface area contributed by atoms with Gasteiger partial charge in [-0.25, -0.2) is 19.6 Å². The topological polar surface area (TPSA) is 116 Å². The monoisotopic (exact) mass is 544 g/mol. The van der Waals surface area contributed by atoms with Crippen molar-refractivity contribution in [3.8, 4) is 0 Å². The summed E-state index contributed by atoms with van der Waals surface area (Å²) in [6.07, 6.45) is 0.265. The maximum Gasteiger partial charge on any atom is 0.490 e. The summed E-state index contributed by atoms with van der Waals surface area (Å²) in [4.78, 5) is 31.8. The summed E-state index contributed by atoms with van der Waals surface area (Å²) in [7, 11) is 1.80. The molecule has 15 heteroatoms. The van der Waals surface area contributed by atoms with E-state index in [1.165, 1.54) is 51.7 Å². The average molecular weight is 544 g/mol.